The minimum atomic E-state index is -0.354. The first-order chi connectivity index (χ1) is 15.9. The smallest absolute Gasteiger partial charge is 0.255 e. The van der Waals surface area contributed by atoms with Crippen LogP contribution in [0.2, 0.25) is 5.02 Å². The van der Waals surface area contributed by atoms with Crippen LogP contribution in [-0.2, 0) is 9.53 Å². The van der Waals surface area contributed by atoms with Gasteiger partial charge < -0.3 is 19.1 Å². The van der Waals surface area contributed by atoms with Gasteiger partial charge in [0, 0.05) is 49.7 Å². The van der Waals surface area contributed by atoms with Crippen molar-refractivity contribution < 1.29 is 18.7 Å². The monoisotopic (exact) mass is 469 g/mol. The van der Waals surface area contributed by atoms with Crippen LogP contribution < -0.4 is 0 Å². The number of ether oxygens (including phenoxy) is 1. The van der Waals surface area contributed by atoms with Gasteiger partial charge in [-0.15, -0.1) is 0 Å². The Bertz CT molecular complexity index is 1170. The Hall–Kier alpha value is -3.16. The number of amides is 2. The average Bonchev–Trinajstić information content (AvgIpc) is 3.16. The van der Waals surface area contributed by atoms with E-state index in [1.165, 1.54) is 19.2 Å². The number of hydrogen-bond donors (Lipinski definition) is 0. The normalized spacial score (nSPS) is 13.9. The number of nitrogens with zero attached hydrogens (tertiary/aromatic N) is 3. The summed E-state index contributed by atoms with van der Waals surface area (Å²) in [6.45, 7) is 3.69. The SMILES string of the molecule is COCC(=O)N1CCN(C(=O)c2cc(-c3ccc(Cl)cc3)n(-c3cccc(F)c3)c2C)CC1. The number of aromatic nitrogens is 1. The molecule has 1 aliphatic heterocycles. The number of rotatable bonds is 5. The number of carbonyl (C=O) groups excluding carboxylic acids is 2. The fourth-order valence-electron chi connectivity index (χ4n) is 4.15. The molecule has 33 heavy (non-hydrogen) atoms. The Balaban J connectivity index is 1.68. The molecule has 6 nitrogen and oxygen atoms in total. The van der Waals surface area contributed by atoms with Crippen LogP contribution in [0.1, 0.15) is 16.1 Å². The van der Waals surface area contributed by atoms with Crippen molar-refractivity contribution in [2.75, 3.05) is 39.9 Å². The lowest BCUT2D eigenvalue weighted by Gasteiger charge is -2.34. The van der Waals surface area contributed by atoms with Crippen molar-refractivity contribution in [2.24, 2.45) is 0 Å². The van der Waals surface area contributed by atoms with Crippen LogP contribution in [0.15, 0.2) is 54.6 Å². The summed E-state index contributed by atoms with van der Waals surface area (Å²) in [5, 5.41) is 0.608. The summed E-state index contributed by atoms with van der Waals surface area (Å²) < 4.78 is 20.8. The van der Waals surface area contributed by atoms with Crippen LogP contribution in [0.3, 0.4) is 0 Å². The molecule has 2 amide bonds. The Labute approximate surface area is 197 Å². The molecule has 0 spiro atoms. The predicted molar refractivity (Wildman–Crippen MR) is 125 cm³/mol. The molecule has 0 N–H and O–H groups in total. The molecule has 0 aliphatic carbocycles. The summed E-state index contributed by atoms with van der Waals surface area (Å²) in [7, 11) is 1.49. The largest absolute Gasteiger partial charge is 0.375 e. The number of methoxy groups -OCH3 is 1. The quantitative estimate of drug-likeness (QED) is 0.563. The second kappa shape index (κ2) is 9.77. The molecule has 1 aliphatic rings. The van der Waals surface area contributed by atoms with E-state index in [0.717, 1.165) is 11.3 Å². The van der Waals surface area contributed by atoms with E-state index in [-0.39, 0.29) is 24.2 Å². The minimum Gasteiger partial charge on any atom is -0.375 e. The van der Waals surface area contributed by atoms with Crippen LogP contribution in [-0.4, -0.2) is 66.1 Å². The lowest BCUT2D eigenvalue weighted by atomic mass is 10.1. The van der Waals surface area contributed by atoms with Gasteiger partial charge in [0.15, 0.2) is 0 Å². The average molecular weight is 470 g/mol. The summed E-state index contributed by atoms with van der Waals surface area (Å²) in [6, 6.07) is 15.5. The highest BCUT2D eigenvalue weighted by atomic mass is 35.5. The van der Waals surface area contributed by atoms with E-state index in [1.807, 2.05) is 35.8 Å². The third-order valence-electron chi connectivity index (χ3n) is 5.87. The van der Waals surface area contributed by atoms with Gasteiger partial charge in [-0.25, -0.2) is 4.39 Å². The van der Waals surface area contributed by atoms with E-state index in [1.54, 1.807) is 28.0 Å². The fraction of sp³-hybridized carbons (Fsp3) is 0.280. The van der Waals surface area contributed by atoms with Crippen molar-refractivity contribution in [3.8, 4) is 16.9 Å². The second-order valence-corrected chi connectivity index (χ2v) is 8.39. The zero-order chi connectivity index (χ0) is 23.5. The number of hydrogen-bond acceptors (Lipinski definition) is 3. The molecule has 0 saturated carbocycles. The zero-order valence-electron chi connectivity index (χ0n) is 18.6. The highest BCUT2D eigenvalue weighted by molar-refractivity contribution is 6.30. The van der Waals surface area contributed by atoms with Gasteiger partial charge in [0.05, 0.1) is 11.3 Å². The standard InChI is InChI=1S/C25H25ClFN3O3/c1-17-22(25(32)29-12-10-28(11-13-29)24(31)16-33-2)15-23(18-6-8-19(26)9-7-18)30(17)21-5-3-4-20(27)14-21/h3-9,14-15H,10-13,16H2,1-2H3. The van der Waals surface area contributed by atoms with E-state index < -0.39 is 0 Å². The molecule has 2 aromatic carbocycles. The number of halogens is 2. The van der Waals surface area contributed by atoms with E-state index in [0.29, 0.717) is 48.1 Å². The molecule has 172 valence electrons. The summed E-state index contributed by atoms with van der Waals surface area (Å²) in [6.07, 6.45) is 0. The topological polar surface area (TPSA) is 54.8 Å². The van der Waals surface area contributed by atoms with E-state index >= 15 is 0 Å². The number of carbonyl (C=O) groups is 2. The van der Waals surface area contributed by atoms with Crippen LogP contribution >= 0.6 is 11.6 Å². The van der Waals surface area contributed by atoms with Gasteiger partial charge in [0.2, 0.25) is 5.91 Å². The molecule has 1 aromatic heterocycles. The molecule has 0 bridgehead atoms. The number of benzene rings is 2. The van der Waals surface area contributed by atoms with Crippen molar-refractivity contribution in [1.82, 2.24) is 14.4 Å². The van der Waals surface area contributed by atoms with E-state index in [4.69, 9.17) is 16.3 Å². The maximum absolute atomic E-state index is 14.0. The van der Waals surface area contributed by atoms with Gasteiger partial charge >= 0.3 is 0 Å². The molecule has 2 heterocycles. The maximum atomic E-state index is 14.0. The fourth-order valence-corrected chi connectivity index (χ4v) is 4.27. The van der Waals surface area contributed by atoms with Crippen LogP contribution in [0.4, 0.5) is 4.39 Å². The molecule has 0 radical (unpaired) electrons. The van der Waals surface area contributed by atoms with Gasteiger partial charge in [0.25, 0.3) is 5.91 Å². The third-order valence-corrected chi connectivity index (χ3v) is 6.12. The predicted octanol–water partition coefficient (Wildman–Crippen LogP) is 4.18. The Morgan fingerprint density at radius 2 is 1.67 bits per heavy atom. The highest BCUT2D eigenvalue weighted by Crippen LogP contribution is 2.31. The Morgan fingerprint density at radius 1 is 1.00 bits per heavy atom. The first-order valence-corrected chi connectivity index (χ1v) is 11.1. The Kier molecular flexibility index (Phi) is 6.81. The molecule has 8 heteroatoms. The molecular weight excluding hydrogens is 445 g/mol. The lowest BCUT2D eigenvalue weighted by molar-refractivity contribution is -0.136. The molecule has 0 unspecified atom stereocenters. The second-order valence-electron chi connectivity index (χ2n) is 7.96. The van der Waals surface area contributed by atoms with Crippen LogP contribution in [0.25, 0.3) is 16.9 Å². The van der Waals surface area contributed by atoms with Gasteiger partial charge in [-0.1, -0.05) is 29.8 Å². The third kappa shape index (κ3) is 4.79. The van der Waals surface area contributed by atoms with Crippen molar-refractivity contribution in [1.29, 1.82) is 0 Å². The van der Waals surface area contributed by atoms with Gasteiger partial charge in [-0.2, -0.15) is 0 Å². The molecule has 4 rings (SSSR count). The number of piperazine rings is 1. The lowest BCUT2D eigenvalue weighted by Crippen LogP contribution is -2.51. The summed E-state index contributed by atoms with van der Waals surface area (Å²) >= 11 is 6.07. The Morgan fingerprint density at radius 3 is 2.30 bits per heavy atom. The van der Waals surface area contributed by atoms with Crippen molar-refractivity contribution in [3.63, 3.8) is 0 Å². The molecule has 3 aromatic rings. The molecule has 0 atom stereocenters. The minimum absolute atomic E-state index is 0.0357. The van der Waals surface area contributed by atoms with Gasteiger partial charge in [-0.05, 0) is 48.9 Å². The van der Waals surface area contributed by atoms with Crippen molar-refractivity contribution in [2.45, 2.75) is 6.92 Å². The van der Waals surface area contributed by atoms with Crippen LogP contribution in [0, 0.1) is 12.7 Å². The molecule has 1 saturated heterocycles. The first kappa shape index (κ1) is 23.0. The maximum Gasteiger partial charge on any atom is 0.255 e. The first-order valence-electron chi connectivity index (χ1n) is 10.7. The van der Waals surface area contributed by atoms with Gasteiger partial charge in [-0.3, -0.25) is 9.59 Å². The van der Waals surface area contributed by atoms with E-state index in [2.05, 4.69) is 0 Å². The molecular formula is C25H25ClFN3O3. The van der Waals surface area contributed by atoms with Gasteiger partial charge in [0.1, 0.15) is 12.4 Å². The van der Waals surface area contributed by atoms with Crippen LogP contribution in [0.5, 0.6) is 0 Å². The van der Waals surface area contributed by atoms with Crippen molar-refractivity contribution >= 4 is 23.4 Å². The highest BCUT2D eigenvalue weighted by Gasteiger charge is 2.28. The van der Waals surface area contributed by atoms with Crippen molar-refractivity contribution in [3.05, 3.63) is 76.7 Å². The van der Waals surface area contributed by atoms with E-state index in [9.17, 15) is 14.0 Å². The summed E-state index contributed by atoms with van der Waals surface area (Å²) in [5.74, 6) is -0.549. The summed E-state index contributed by atoms with van der Waals surface area (Å²) in [4.78, 5) is 29.0. The molecule has 1 fully saturated rings. The zero-order valence-corrected chi connectivity index (χ0v) is 19.3. The summed E-state index contributed by atoms with van der Waals surface area (Å²) in [5.41, 5.74) is 3.52.